The molecule has 2 aromatic rings. The van der Waals surface area contributed by atoms with Gasteiger partial charge in [-0.3, -0.25) is 4.79 Å². The van der Waals surface area contributed by atoms with E-state index in [1.807, 2.05) is 6.07 Å². The molecule has 3 rings (SSSR count). The van der Waals surface area contributed by atoms with Gasteiger partial charge in [0, 0.05) is 10.6 Å². The van der Waals surface area contributed by atoms with E-state index in [2.05, 4.69) is 5.32 Å². The van der Waals surface area contributed by atoms with Gasteiger partial charge < -0.3 is 11.1 Å². The van der Waals surface area contributed by atoms with Crippen molar-refractivity contribution in [3.63, 3.8) is 0 Å². The molecule has 0 radical (unpaired) electrons. The Morgan fingerprint density at radius 2 is 2.16 bits per heavy atom. The second-order valence-corrected chi connectivity index (χ2v) is 5.74. The van der Waals surface area contributed by atoms with E-state index >= 15 is 0 Å². The van der Waals surface area contributed by atoms with Gasteiger partial charge >= 0.3 is 0 Å². The second kappa shape index (κ2) is 4.66. The van der Waals surface area contributed by atoms with Crippen molar-refractivity contribution in [2.75, 3.05) is 11.1 Å². The number of anilines is 2. The molecule has 3 nitrogen and oxygen atoms in total. The zero-order chi connectivity index (χ0) is 13.4. The molecule has 0 aliphatic heterocycles. The number of fused-ring (bicyclic) bond motifs is 1. The first-order valence-electron chi connectivity index (χ1n) is 6.11. The zero-order valence-electron chi connectivity index (χ0n) is 10.2. The van der Waals surface area contributed by atoms with Gasteiger partial charge in [0.15, 0.2) is 0 Å². The highest BCUT2D eigenvalue weighted by Gasteiger charge is 2.18. The Hall–Kier alpha value is -1.88. The number of hydrogen-bond acceptors (Lipinski definition) is 3. The lowest BCUT2D eigenvalue weighted by Crippen LogP contribution is -2.10. The Kier molecular flexibility index (Phi) is 2.98. The van der Waals surface area contributed by atoms with Crippen molar-refractivity contribution in [1.82, 2.24) is 0 Å². The van der Waals surface area contributed by atoms with Crippen LogP contribution in [0, 0.1) is 5.82 Å². The summed E-state index contributed by atoms with van der Waals surface area (Å²) in [6.45, 7) is 0. The van der Waals surface area contributed by atoms with Gasteiger partial charge in [-0.25, -0.2) is 4.39 Å². The molecule has 0 spiro atoms. The van der Waals surface area contributed by atoms with E-state index in [4.69, 9.17) is 5.73 Å². The summed E-state index contributed by atoms with van der Waals surface area (Å²) in [6.07, 6.45) is 3.30. The van der Waals surface area contributed by atoms with Gasteiger partial charge in [0.2, 0.25) is 0 Å². The van der Waals surface area contributed by atoms with Crippen molar-refractivity contribution in [2.45, 2.75) is 19.3 Å². The van der Waals surface area contributed by atoms with E-state index in [0.29, 0.717) is 10.6 Å². The van der Waals surface area contributed by atoms with Crippen LogP contribution in [0.15, 0.2) is 24.3 Å². The predicted octanol–water partition coefficient (Wildman–Crippen LogP) is 3.21. The van der Waals surface area contributed by atoms with Gasteiger partial charge in [-0.15, -0.1) is 11.3 Å². The smallest absolute Gasteiger partial charge is 0.265 e. The Bertz CT molecular complexity index is 629. The van der Waals surface area contributed by atoms with E-state index in [1.165, 1.54) is 46.4 Å². The zero-order valence-corrected chi connectivity index (χ0v) is 11.0. The predicted molar refractivity (Wildman–Crippen MR) is 75.1 cm³/mol. The number of aryl methyl sites for hydroxylation is 2. The number of carbonyl (C=O) groups is 1. The highest BCUT2D eigenvalue weighted by atomic mass is 32.1. The molecule has 3 N–H and O–H groups in total. The van der Waals surface area contributed by atoms with Crippen LogP contribution in [-0.2, 0) is 12.8 Å². The average molecular weight is 276 g/mol. The molecular formula is C14H13FN2OS. The molecule has 0 bridgehead atoms. The summed E-state index contributed by atoms with van der Waals surface area (Å²) < 4.78 is 13.0. The minimum Gasteiger partial charge on any atom is -0.396 e. The van der Waals surface area contributed by atoms with Crippen molar-refractivity contribution >= 4 is 28.6 Å². The SMILES string of the molecule is Nc1cc(NC(=O)c2cc3c(s2)CCC3)ccc1F. The maximum atomic E-state index is 13.0. The summed E-state index contributed by atoms with van der Waals surface area (Å²) in [5.41, 5.74) is 7.30. The number of nitrogens with one attached hydrogen (secondary N) is 1. The maximum Gasteiger partial charge on any atom is 0.265 e. The quantitative estimate of drug-likeness (QED) is 0.827. The van der Waals surface area contributed by atoms with Crippen LogP contribution in [0.25, 0.3) is 0 Å². The lowest BCUT2D eigenvalue weighted by Gasteiger charge is -2.05. The maximum absolute atomic E-state index is 13.0. The molecular weight excluding hydrogens is 263 g/mol. The van der Waals surface area contributed by atoms with E-state index < -0.39 is 5.82 Å². The normalized spacial score (nSPS) is 13.3. The summed E-state index contributed by atoms with van der Waals surface area (Å²) in [4.78, 5) is 14.1. The van der Waals surface area contributed by atoms with Crippen LogP contribution in [0.3, 0.4) is 0 Å². The minimum atomic E-state index is -0.479. The van der Waals surface area contributed by atoms with Crippen molar-refractivity contribution in [1.29, 1.82) is 0 Å². The van der Waals surface area contributed by atoms with Crippen LogP contribution in [0.5, 0.6) is 0 Å². The molecule has 1 aliphatic carbocycles. The Balaban J connectivity index is 1.78. The molecule has 1 aromatic heterocycles. The number of nitrogen functional groups attached to an aromatic ring is 1. The monoisotopic (exact) mass is 276 g/mol. The number of amides is 1. The van der Waals surface area contributed by atoms with E-state index in [-0.39, 0.29) is 11.6 Å². The largest absolute Gasteiger partial charge is 0.396 e. The van der Waals surface area contributed by atoms with E-state index in [0.717, 1.165) is 12.8 Å². The fourth-order valence-corrected chi connectivity index (χ4v) is 3.40. The number of carbonyl (C=O) groups excluding carboxylic acids is 1. The highest BCUT2D eigenvalue weighted by Crippen LogP contribution is 2.31. The standard InChI is InChI=1S/C14H13FN2OS/c15-10-5-4-9(7-11(10)16)17-14(18)13-6-8-2-1-3-12(8)19-13/h4-7H,1-3,16H2,(H,17,18). The first-order valence-corrected chi connectivity index (χ1v) is 6.93. The molecule has 1 aromatic carbocycles. The number of thiophene rings is 1. The highest BCUT2D eigenvalue weighted by molar-refractivity contribution is 7.14. The first kappa shape index (κ1) is 12.2. The third-order valence-corrected chi connectivity index (χ3v) is 4.46. The van der Waals surface area contributed by atoms with Crippen molar-refractivity contribution in [2.24, 2.45) is 0 Å². The van der Waals surface area contributed by atoms with Crippen molar-refractivity contribution in [3.05, 3.63) is 45.4 Å². The minimum absolute atomic E-state index is 0.0338. The number of benzene rings is 1. The molecule has 1 heterocycles. The number of nitrogens with two attached hydrogens (primary N) is 1. The molecule has 0 unspecified atom stereocenters. The van der Waals surface area contributed by atoms with Crippen LogP contribution in [0.1, 0.15) is 26.5 Å². The summed E-state index contributed by atoms with van der Waals surface area (Å²) >= 11 is 1.54. The summed E-state index contributed by atoms with van der Waals surface area (Å²) in [5, 5.41) is 2.74. The molecule has 0 fully saturated rings. The van der Waals surface area contributed by atoms with Crippen LogP contribution in [0.4, 0.5) is 15.8 Å². The average Bonchev–Trinajstić information content (AvgIpc) is 2.94. The van der Waals surface area contributed by atoms with Crippen LogP contribution in [0.2, 0.25) is 0 Å². The summed E-state index contributed by atoms with van der Waals surface area (Å²) in [6, 6.07) is 6.13. The molecule has 19 heavy (non-hydrogen) atoms. The van der Waals surface area contributed by atoms with Crippen LogP contribution in [-0.4, -0.2) is 5.91 Å². The molecule has 98 valence electrons. The summed E-state index contributed by atoms with van der Waals surface area (Å²) in [7, 11) is 0. The number of halogens is 1. The Morgan fingerprint density at radius 3 is 2.89 bits per heavy atom. The molecule has 0 atom stereocenters. The van der Waals surface area contributed by atoms with Gasteiger partial charge in [0.25, 0.3) is 5.91 Å². The molecule has 1 aliphatic rings. The third-order valence-electron chi connectivity index (χ3n) is 3.22. The molecule has 1 amide bonds. The third kappa shape index (κ3) is 2.33. The number of hydrogen-bond donors (Lipinski definition) is 2. The van der Waals surface area contributed by atoms with E-state index in [9.17, 15) is 9.18 Å². The summed E-state index contributed by atoms with van der Waals surface area (Å²) in [5.74, 6) is -0.640. The van der Waals surface area contributed by atoms with Gasteiger partial charge in [0.05, 0.1) is 10.6 Å². The van der Waals surface area contributed by atoms with Crippen molar-refractivity contribution in [3.8, 4) is 0 Å². The Labute approximate surface area is 114 Å². The topological polar surface area (TPSA) is 55.1 Å². The molecule has 0 saturated carbocycles. The first-order chi connectivity index (χ1) is 9.13. The molecule has 0 saturated heterocycles. The Morgan fingerprint density at radius 1 is 1.32 bits per heavy atom. The van der Waals surface area contributed by atoms with Crippen LogP contribution < -0.4 is 11.1 Å². The second-order valence-electron chi connectivity index (χ2n) is 4.60. The van der Waals surface area contributed by atoms with Crippen molar-refractivity contribution < 1.29 is 9.18 Å². The van der Waals surface area contributed by atoms with Gasteiger partial charge in [-0.2, -0.15) is 0 Å². The van der Waals surface area contributed by atoms with E-state index in [1.54, 1.807) is 0 Å². The number of rotatable bonds is 2. The fraction of sp³-hybridized carbons (Fsp3) is 0.214. The van der Waals surface area contributed by atoms with Gasteiger partial charge in [0.1, 0.15) is 5.82 Å². The van der Waals surface area contributed by atoms with Gasteiger partial charge in [-0.05, 0) is 49.1 Å². The lowest BCUT2D eigenvalue weighted by molar-refractivity contribution is 0.103. The molecule has 5 heteroatoms. The lowest BCUT2D eigenvalue weighted by atomic mass is 10.2. The fourth-order valence-electron chi connectivity index (χ4n) is 2.26. The van der Waals surface area contributed by atoms with Crippen LogP contribution >= 0.6 is 11.3 Å². The van der Waals surface area contributed by atoms with Gasteiger partial charge in [-0.1, -0.05) is 0 Å².